The number of hydrogen-bond donors (Lipinski definition) is 3. The van der Waals surface area contributed by atoms with Crippen LogP contribution in [0, 0.1) is 5.82 Å². The first-order valence-electron chi connectivity index (χ1n) is 7.39. The average Bonchev–Trinajstić information content (AvgIpc) is 2.52. The standard InChI is InChI=1S/C17H16Cl2FN3O2/c1-9(2)21-17(25)23-11-5-3-10(4-6-11)22-16(24)12-7-15(20)14(19)8-13(12)18/h3-9H,1-2H3,(H,22,24)(H2,21,23,25). The van der Waals surface area contributed by atoms with Gasteiger partial charge in [-0.3, -0.25) is 4.79 Å². The van der Waals surface area contributed by atoms with Crippen LogP contribution in [0.2, 0.25) is 10.0 Å². The Morgan fingerprint density at radius 3 is 2.08 bits per heavy atom. The molecular weight excluding hydrogens is 368 g/mol. The predicted molar refractivity (Wildman–Crippen MR) is 98.1 cm³/mol. The monoisotopic (exact) mass is 383 g/mol. The minimum Gasteiger partial charge on any atom is -0.336 e. The zero-order valence-electron chi connectivity index (χ0n) is 13.5. The van der Waals surface area contributed by atoms with Crippen LogP contribution in [-0.4, -0.2) is 18.0 Å². The molecule has 0 fully saturated rings. The summed E-state index contributed by atoms with van der Waals surface area (Å²) < 4.78 is 13.5. The molecule has 0 unspecified atom stereocenters. The summed E-state index contributed by atoms with van der Waals surface area (Å²) in [5.41, 5.74) is 1.00. The van der Waals surface area contributed by atoms with Gasteiger partial charge in [0, 0.05) is 17.4 Å². The molecule has 0 bridgehead atoms. The maximum atomic E-state index is 13.5. The van der Waals surface area contributed by atoms with Crippen molar-refractivity contribution in [2.24, 2.45) is 0 Å². The Morgan fingerprint density at radius 1 is 0.960 bits per heavy atom. The first-order chi connectivity index (χ1) is 11.8. The summed E-state index contributed by atoms with van der Waals surface area (Å²) in [6, 6.07) is 8.30. The number of halogens is 3. The minimum atomic E-state index is -0.730. The van der Waals surface area contributed by atoms with Gasteiger partial charge in [-0.15, -0.1) is 0 Å². The van der Waals surface area contributed by atoms with Gasteiger partial charge in [0.15, 0.2) is 0 Å². The van der Waals surface area contributed by atoms with E-state index >= 15 is 0 Å². The number of nitrogens with one attached hydrogen (secondary N) is 3. The topological polar surface area (TPSA) is 70.2 Å². The predicted octanol–water partition coefficient (Wildman–Crippen LogP) is 4.91. The number of hydrogen-bond acceptors (Lipinski definition) is 2. The third-order valence-electron chi connectivity index (χ3n) is 3.07. The quantitative estimate of drug-likeness (QED) is 0.656. The molecule has 3 N–H and O–H groups in total. The van der Waals surface area contributed by atoms with Crippen molar-refractivity contribution in [2.45, 2.75) is 19.9 Å². The lowest BCUT2D eigenvalue weighted by molar-refractivity contribution is 0.102. The lowest BCUT2D eigenvalue weighted by atomic mass is 10.2. The van der Waals surface area contributed by atoms with E-state index in [2.05, 4.69) is 16.0 Å². The Hall–Kier alpha value is -2.31. The van der Waals surface area contributed by atoms with Gasteiger partial charge in [-0.1, -0.05) is 23.2 Å². The lowest BCUT2D eigenvalue weighted by Gasteiger charge is -2.11. The molecule has 0 atom stereocenters. The molecule has 25 heavy (non-hydrogen) atoms. The SMILES string of the molecule is CC(C)NC(=O)Nc1ccc(NC(=O)c2cc(F)c(Cl)cc2Cl)cc1. The Bertz CT molecular complexity index is 795. The number of rotatable bonds is 4. The molecule has 0 radical (unpaired) electrons. The van der Waals surface area contributed by atoms with Crippen LogP contribution in [0.15, 0.2) is 36.4 Å². The lowest BCUT2D eigenvalue weighted by Crippen LogP contribution is -2.34. The minimum absolute atomic E-state index is 0.0167. The normalized spacial score (nSPS) is 10.5. The highest BCUT2D eigenvalue weighted by Gasteiger charge is 2.14. The molecule has 0 spiro atoms. The second kappa shape index (κ2) is 8.18. The van der Waals surface area contributed by atoms with E-state index in [9.17, 15) is 14.0 Å². The summed E-state index contributed by atoms with van der Waals surface area (Å²) in [6.45, 7) is 3.70. The van der Waals surface area contributed by atoms with E-state index in [1.807, 2.05) is 13.8 Å². The van der Waals surface area contributed by atoms with Gasteiger partial charge in [0.1, 0.15) is 5.82 Å². The van der Waals surface area contributed by atoms with Crippen LogP contribution < -0.4 is 16.0 Å². The fourth-order valence-corrected chi connectivity index (χ4v) is 2.43. The fraction of sp³-hybridized carbons (Fsp3) is 0.176. The smallest absolute Gasteiger partial charge is 0.319 e. The molecule has 0 heterocycles. The van der Waals surface area contributed by atoms with Crippen LogP contribution in [-0.2, 0) is 0 Å². The van der Waals surface area contributed by atoms with Gasteiger partial charge >= 0.3 is 6.03 Å². The van der Waals surface area contributed by atoms with Crippen molar-refractivity contribution < 1.29 is 14.0 Å². The highest BCUT2D eigenvalue weighted by molar-refractivity contribution is 6.37. The largest absolute Gasteiger partial charge is 0.336 e. The van der Waals surface area contributed by atoms with Crippen LogP contribution >= 0.6 is 23.2 Å². The second-order valence-electron chi connectivity index (χ2n) is 5.53. The average molecular weight is 384 g/mol. The molecule has 132 valence electrons. The van der Waals surface area contributed by atoms with E-state index in [0.717, 1.165) is 6.07 Å². The summed E-state index contributed by atoms with van der Waals surface area (Å²) in [5, 5.41) is 7.84. The van der Waals surface area contributed by atoms with Crippen molar-refractivity contribution in [2.75, 3.05) is 10.6 Å². The Kier molecular flexibility index (Phi) is 6.22. The number of amides is 3. The van der Waals surface area contributed by atoms with Crippen molar-refractivity contribution >= 4 is 46.5 Å². The fourth-order valence-electron chi connectivity index (χ4n) is 1.96. The summed E-state index contributed by atoms with van der Waals surface area (Å²) >= 11 is 11.5. The molecule has 0 saturated carbocycles. The van der Waals surface area contributed by atoms with Gasteiger partial charge in [0.2, 0.25) is 0 Å². The van der Waals surface area contributed by atoms with Crippen LogP contribution in [0.3, 0.4) is 0 Å². The zero-order chi connectivity index (χ0) is 18.6. The van der Waals surface area contributed by atoms with Crippen molar-refractivity contribution in [3.63, 3.8) is 0 Å². The van der Waals surface area contributed by atoms with Crippen molar-refractivity contribution in [1.82, 2.24) is 5.32 Å². The molecule has 0 aliphatic rings. The van der Waals surface area contributed by atoms with Crippen molar-refractivity contribution in [3.8, 4) is 0 Å². The number of anilines is 2. The highest BCUT2D eigenvalue weighted by Crippen LogP contribution is 2.25. The Morgan fingerprint density at radius 2 is 1.52 bits per heavy atom. The first kappa shape index (κ1) is 19.0. The van der Waals surface area contributed by atoms with Gasteiger partial charge in [0.05, 0.1) is 15.6 Å². The maximum Gasteiger partial charge on any atom is 0.319 e. The van der Waals surface area contributed by atoms with Gasteiger partial charge in [-0.05, 0) is 50.2 Å². The Labute approximate surface area is 154 Å². The van der Waals surface area contributed by atoms with Crippen molar-refractivity contribution in [3.05, 3.63) is 57.8 Å². The van der Waals surface area contributed by atoms with E-state index < -0.39 is 11.7 Å². The molecule has 8 heteroatoms. The molecule has 2 aromatic rings. The van der Waals surface area contributed by atoms with E-state index in [1.165, 1.54) is 6.07 Å². The third kappa shape index (κ3) is 5.34. The number of benzene rings is 2. The van der Waals surface area contributed by atoms with Gasteiger partial charge in [0.25, 0.3) is 5.91 Å². The third-order valence-corrected chi connectivity index (χ3v) is 3.68. The van der Waals surface area contributed by atoms with E-state index in [0.29, 0.717) is 11.4 Å². The molecule has 2 rings (SSSR count). The number of carbonyl (C=O) groups excluding carboxylic acids is 2. The summed E-state index contributed by atoms with van der Waals surface area (Å²) in [6.07, 6.45) is 0. The molecule has 3 amide bonds. The van der Waals surface area contributed by atoms with Gasteiger partial charge in [-0.2, -0.15) is 0 Å². The summed E-state index contributed by atoms with van der Waals surface area (Å²) in [5.74, 6) is -1.30. The molecule has 0 aliphatic carbocycles. The number of urea groups is 1. The second-order valence-corrected chi connectivity index (χ2v) is 6.35. The van der Waals surface area contributed by atoms with Crippen LogP contribution in [0.5, 0.6) is 0 Å². The molecule has 5 nitrogen and oxygen atoms in total. The molecule has 0 aliphatic heterocycles. The zero-order valence-corrected chi connectivity index (χ0v) is 15.0. The van der Waals surface area contributed by atoms with E-state index in [1.54, 1.807) is 24.3 Å². The first-order valence-corrected chi connectivity index (χ1v) is 8.15. The highest BCUT2D eigenvalue weighted by atomic mass is 35.5. The van der Waals surface area contributed by atoms with Crippen LogP contribution in [0.25, 0.3) is 0 Å². The summed E-state index contributed by atoms with van der Waals surface area (Å²) in [4.78, 5) is 23.8. The van der Waals surface area contributed by atoms with Gasteiger partial charge in [-0.25, -0.2) is 9.18 Å². The molecule has 0 aromatic heterocycles. The van der Waals surface area contributed by atoms with Gasteiger partial charge < -0.3 is 16.0 Å². The molecule has 0 saturated heterocycles. The van der Waals surface area contributed by atoms with Crippen LogP contribution in [0.4, 0.5) is 20.6 Å². The summed E-state index contributed by atoms with van der Waals surface area (Å²) in [7, 11) is 0. The number of carbonyl (C=O) groups is 2. The van der Waals surface area contributed by atoms with E-state index in [-0.39, 0.29) is 27.7 Å². The molecule has 2 aromatic carbocycles. The molecular formula is C17H16Cl2FN3O2. The maximum absolute atomic E-state index is 13.5. The van der Waals surface area contributed by atoms with Crippen molar-refractivity contribution in [1.29, 1.82) is 0 Å². The Balaban J connectivity index is 2.05. The van der Waals surface area contributed by atoms with Crippen LogP contribution in [0.1, 0.15) is 24.2 Å². The van der Waals surface area contributed by atoms with E-state index in [4.69, 9.17) is 23.2 Å².